The Kier molecular flexibility index (Phi) is 6.03. The summed E-state index contributed by atoms with van der Waals surface area (Å²) >= 11 is 0. The van der Waals surface area contributed by atoms with Gasteiger partial charge in [0.1, 0.15) is 0 Å². The lowest BCUT2D eigenvalue weighted by atomic mass is 10.0. The van der Waals surface area contributed by atoms with Crippen molar-refractivity contribution < 1.29 is 4.79 Å². The number of amides is 1. The standard InChI is InChI=1S/C22H22N2O/c25-22(13-12-19-8-2-1-3-9-19)23-15-6-7-16-24-17-14-20-10-4-5-11-21(20)18-24/h1-5,8-13H,14-18H2,(H,23,25). The molecule has 0 aromatic heterocycles. The highest BCUT2D eigenvalue weighted by molar-refractivity contribution is 5.91. The van der Waals surface area contributed by atoms with Gasteiger partial charge >= 0.3 is 0 Å². The molecule has 0 radical (unpaired) electrons. The molecule has 1 heterocycles. The number of hydrogen-bond acceptors (Lipinski definition) is 2. The SMILES string of the molecule is O=C(C=Cc1ccccc1)NCC#CCN1CCc2ccccc2C1. The smallest absolute Gasteiger partial charge is 0.244 e. The fraction of sp³-hybridized carbons (Fsp3) is 0.227. The second kappa shape index (κ2) is 8.86. The molecule has 0 bridgehead atoms. The highest BCUT2D eigenvalue weighted by Crippen LogP contribution is 2.17. The van der Waals surface area contributed by atoms with E-state index >= 15 is 0 Å². The van der Waals surface area contributed by atoms with Crippen LogP contribution >= 0.6 is 0 Å². The molecule has 1 amide bonds. The summed E-state index contributed by atoms with van der Waals surface area (Å²) < 4.78 is 0. The van der Waals surface area contributed by atoms with Gasteiger partial charge in [0.2, 0.25) is 5.91 Å². The van der Waals surface area contributed by atoms with E-state index in [0.717, 1.165) is 31.6 Å². The lowest BCUT2D eigenvalue weighted by Crippen LogP contribution is -2.30. The van der Waals surface area contributed by atoms with E-state index < -0.39 is 0 Å². The largest absolute Gasteiger partial charge is 0.342 e. The molecule has 126 valence electrons. The number of hydrogen-bond donors (Lipinski definition) is 1. The quantitative estimate of drug-likeness (QED) is 0.691. The van der Waals surface area contributed by atoms with Crippen molar-refractivity contribution in [3.8, 4) is 11.8 Å². The van der Waals surface area contributed by atoms with Gasteiger partial charge in [-0.25, -0.2) is 0 Å². The first-order valence-electron chi connectivity index (χ1n) is 8.57. The van der Waals surface area contributed by atoms with Crippen LogP contribution in [-0.4, -0.2) is 30.4 Å². The van der Waals surface area contributed by atoms with Gasteiger partial charge in [-0.3, -0.25) is 9.69 Å². The van der Waals surface area contributed by atoms with Crippen molar-refractivity contribution in [1.29, 1.82) is 0 Å². The maximum atomic E-state index is 11.7. The van der Waals surface area contributed by atoms with E-state index in [0.29, 0.717) is 6.54 Å². The number of carbonyl (C=O) groups excluding carboxylic acids is 1. The van der Waals surface area contributed by atoms with Crippen LogP contribution in [-0.2, 0) is 17.8 Å². The van der Waals surface area contributed by atoms with E-state index in [9.17, 15) is 4.79 Å². The Hall–Kier alpha value is -2.83. The monoisotopic (exact) mass is 330 g/mol. The van der Waals surface area contributed by atoms with Crippen molar-refractivity contribution in [2.75, 3.05) is 19.6 Å². The first kappa shape index (κ1) is 17.0. The summed E-state index contributed by atoms with van der Waals surface area (Å²) in [6.07, 6.45) is 4.42. The molecule has 0 unspecified atom stereocenters. The predicted molar refractivity (Wildman–Crippen MR) is 102 cm³/mol. The van der Waals surface area contributed by atoms with Crippen molar-refractivity contribution >= 4 is 12.0 Å². The maximum Gasteiger partial charge on any atom is 0.244 e. The highest BCUT2D eigenvalue weighted by atomic mass is 16.1. The van der Waals surface area contributed by atoms with Gasteiger partial charge in [0.15, 0.2) is 0 Å². The zero-order chi connectivity index (χ0) is 17.3. The van der Waals surface area contributed by atoms with Gasteiger partial charge in [-0.2, -0.15) is 0 Å². The number of nitrogens with zero attached hydrogens (tertiary/aromatic N) is 1. The van der Waals surface area contributed by atoms with Gasteiger partial charge < -0.3 is 5.32 Å². The summed E-state index contributed by atoms with van der Waals surface area (Å²) in [5.74, 6) is 6.06. The molecule has 0 fully saturated rings. The third kappa shape index (κ3) is 5.34. The highest BCUT2D eigenvalue weighted by Gasteiger charge is 2.13. The second-order valence-corrected chi connectivity index (χ2v) is 6.04. The minimum Gasteiger partial charge on any atom is -0.342 e. The van der Waals surface area contributed by atoms with Crippen LogP contribution in [0.2, 0.25) is 0 Å². The van der Waals surface area contributed by atoms with E-state index in [1.54, 1.807) is 12.2 Å². The predicted octanol–water partition coefficient (Wildman–Crippen LogP) is 2.88. The molecule has 3 rings (SSSR count). The van der Waals surface area contributed by atoms with E-state index in [4.69, 9.17) is 0 Å². The average Bonchev–Trinajstić information content (AvgIpc) is 2.67. The Morgan fingerprint density at radius 2 is 1.80 bits per heavy atom. The van der Waals surface area contributed by atoms with Crippen LogP contribution in [0.4, 0.5) is 0 Å². The molecule has 3 heteroatoms. The molecule has 1 aliphatic rings. The molecule has 2 aromatic rings. The molecule has 3 nitrogen and oxygen atoms in total. The number of fused-ring (bicyclic) bond motifs is 1. The number of carbonyl (C=O) groups is 1. The molecular weight excluding hydrogens is 308 g/mol. The Morgan fingerprint density at radius 3 is 2.64 bits per heavy atom. The van der Waals surface area contributed by atoms with Gasteiger partial charge in [0, 0.05) is 19.2 Å². The van der Waals surface area contributed by atoms with Crippen LogP contribution in [0.25, 0.3) is 6.08 Å². The number of benzene rings is 2. The van der Waals surface area contributed by atoms with Crippen LogP contribution in [0.3, 0.4) is 0 Å². The maximum absolute atomic E-state index is 11.7. The molecule has 0 saturated heterocycles. The van der Waals surface area contributed by atoms with Crippen LogP contribution in [0.1, 0.15) is 16.7 Å². The Labute approximate surface area is 149 Å². The molecule has 0 aliphatic carbocycles. The van der Waals surface area contributed by atoms with Crippen molar-refractivity contribution in [2.45, 2.75) is 13.0 Å². The van der Waals surface area contributed by atoms with Crippen molar-refractivity contribution in [3.63, 3.8) is 0 Å². The topological polar surface area (TPSA) is 32.3 Å². The molecule has 1 N–H and O–H groups in total. The second-order valence-electron chi connectivity index (χ2n) is 6.04. The summed E-state index contributed by atoms with van der Waals surface area (Å²) in [7, 11) is 0. The van der Waals surface area contributed by atoms with Gasteiger partial charge in [-0.1, -0.05) is 66.4 Å². The van der Waals surface area contributed by atoms with Crippen molar-refractivity contribution in [1.82, 2.24) is 10.2 Å². The van der Waals surface area contributed by atoms with Crippen LogP contribution in [0, 0.1) is 11.8 Å². The van der Waals surface area contributed by atoms with Crippen molar-refractivity contribution in [3.05, 3.63) is 77.4 Å². The van der Waals surface area contributed by atoms with E-state index in [-0.39, 0.29) is 5.91 Å². The van der Waals surface area contributed by atoms with E-state index in [1.165, 1.54) is 11.1 Å². The number of nitrogens with one attached hydrogen (secondary N) is 1. The minimum absolute atomic E-state index is 0.120. The zero-order valence-corrected chi connectivity index (χ0v) is 14.2. The van der Waals surface area contributed by atoms with E-state index in [1.807, 2.05) is 30.3 Å². The average molecular weight is 330 g/mol. The molecule has 0 atom stereocenters. The Bertz CT molecular complexity index is 800. The lowest BCUT2D eigenvalue weighted by Gasteiger charge is -2.26. The fourth-order valence-corrected chi connectivity index (χ4v) is 2.85. The normalized spacial score (nSPS) is 13.8. The van der Waals surface area contributed by atoms with Gasteiger partial charge in [0.05, 0.1) is 13.1 Å². The molecule has 0 saturated carbocycles. The van der Waals surface area contributed by atoms with Gasteiger partial charge in [-0.05, 0) is 29.2 Å². The molecule has 2 aromatic carbocycles. The summed E-state index contributed by atoms with van der Waals surface area (Å²) in [5, 5.41) is 2.79. The molecular formula is C22H22N2O. The van der Waals surface area contributed by atoms with Crippen LogP contribution in [0.5, 0.6) is 0 Å². The first-order valence-corrected chi connectivity index (χ1v) is 8.57. The lowest BCUT2D eigenvalue weighted by molar-refractivity contribution is -0.116. The summed E-state index contributed by atoms with van der Waals surface area (Å²) in [4.78, 5) is 14.1. The summed E-state index contributed by atoms with van der Waals surface area (Å²) in [5.41, 5.74) is 3.85. The zero-order valence-electron chi connectivity index (χ0n) is 14.2. The van der Waals surface area contributed by atoms with Crippen LogP contribution in [0.15, 0.2) is 60.7 Å². The minimum atomic E-state index is -0.120. The third-order valence-electron chi connectivity index (χ3n) is 4.22. The fourth-order valence-electron chi connectivity index (χ4n) is 2.85. The molecule has 25 heavy (non-hydrogen) atoms. The van der Waals surface area contributed by atoms with Gasteiger partial charge in [-0.15, -0.1) is 0 Å². The van der Waals surface area contributed by atoms with Crippen LogP contribution < -0.4 is 5.32 Å². The summed E-state index contributed by atoms with van der Waals surface area (Å²) in [6.45, 7) is 3.11. The Balaban J connectivity index is 1.39. The van der Waals surface area contributed by atoms with Crippen molar-refractivity contribution in [2.24, 2.45) is 0 Å². The van der Waals surface area contributed by atoms with E-state index in [2.05, 4.69) is 46.3 Å². The Morgan fingerprint density at radius 1 is 1.04 bits per heavy atom. The first-order chi connectivity index (χ1) is 12.3. The molecule has 1 aliphatic heterocycles. The van der Waals surface area contributed by atoms with Gasteiger partial charge in [0.25, 0.3) is 0 Å². The third-order valence-corrected chi connectivity index (χ3v) is 4.22. The molecule has 0 spiro atoms. The summed E-state index contributed by atoms with van der Waals surface area (Å²) in [6, 6.07) is 18.3. The number of rotatable bonds is 4.